The largest absolute Gasteiger partial charge is 0.314 e. The highest BCUT2D eigenvalue weighted by atomic mass is 79.9. The first-order chi connectivity index (χ1) is 6.18. The quantitative estimate of drug-likeness (QED) is 0.712. The highest BCUT2D eigenvalue weighted by Crippen LogP contribution is 2.36. The minimum atomic E-state index is 0.163. The Morgan fingerprint density at radius 3 is 3.08 bits per heavy atom. The van der Waals surface area contributed by atoms with Gasteiger partial charge in [-0.05, 0) is 18.2 Å². The summed E-state index contributed by atoms with van der Waals surface area (Å²) in [4.78, 5) is 14.2. The van der Waals surface area contributed by atoms with Crippen molar-refractivity contribution in [3.05, 3.63) is 22.7 Å². The van der Waals surface area contributed by atoms with Crippen LogP contribution in [-0.2, 0) is 4.79 Å². The van der Waals surface area contributed by atoms with Crippen molar-refractivity contribution < 1.29 is 4.79 Å². The Hall–Kier alpha value is -0.480. The van der Waals surface area contributed by atoms with Gasteiger partial charge in [-0.1, -0.05) is 15.9 Å². The zero-order chi connectivity index (χ0) is 9.42. The molecule has 0 atom stereocenters. The lowest BCUT2D eigenvalue weighted by Crippen LogP contribution is -2.31. The molecule has 4 heteroatoms. The first-order valence-electron chi connectivity index (χ1n) is 3.87. The van der Waals surface area contributed by atoms with E-state index in [-0.39, 0.29) is 5.91 Å². The van der Waals surface area contributed by atoms with Gasteiger partial charge in [0, 0.05) is 16.4 Å². The Morgan fingerprint density at radius 2 is 2.31 bits per heavy atom. The first-order valence-corrected chi connectivity index (χ1v) is 5.65. The van der Waals surface area contributed by atoms with Crippen LogP contribution in [0.25, 0.3) is 0 Å². The molecule has 0 bridgehead atoms. The number of anilines is 1. The summed E-state index contributed by atoms with van der Waals surface area (Å²) in [6.07, 6.45) is 0. The Morgan fingerprint density at radius 1 is 1.54 bits per heavy atom. The van der Waals surface area contributed by atoms with Crippen molar-refractivity contribution in [2.24, 2.45) is 0 Å². The fourth-order valence-electron chi connectivity index (χ4n) is 1.25. The number of thioether (sulfide) groups is 1. The van der Waals surface area contributed by atoms with Crippen LogP contribution in [0.15, 0.2) is 27.6 Å². The van der Waals surface area contributed by atoms with Crippen molar-refractivity contribution in [1.29, 1.82) is 0 Å². The van der Waals surface area contributed by atoms with Crippen LogP contribution in [0.2, 0.25) is 0 Å². The highest BCUT2D eigenvalue weighted by Gasteiger charge is 2.20. The maximum absolute atomic E-state index is 11.4. The molecule has 13 heavy (non-hydrogen) atoms. The standard InChI is InChI=1S/C9H8BrNOS/c1-11-7-4-6(10)2-3-8(7)13-5-9(11)12/h2-4H,5H2,1H3. The molecule has 1 amide bonds. The monoisotopic (exact) mass is 257 g/mol. The third-order valence-electron chi connectivity index (χ3n) is 2.01. The Balaban J connectivity index is 2.51. The van der Waals surface area contributed by atoms with Crippen molar-refractivity contribution in [3.8, 4) is 0 Å². The van der Waals surface area contributed by atoms with Crippen molar-refractivity contribution in [2.75, 3.05) is 17.7 Å². The maximum atomic E-state index is 11.4. The van der Waals surface area contributed by atoms with Crippen LogP contribution in [0.3, 0.4) is 0 Å². The molecular formula is C9H8BrNOS. The lowest BCUT2D eigenvalue weighted by Gasteiger charge is -2.25. The predicted octanol–water partition coefficient (Wildman–Crippen LogP) is 2.52. The van der Waals surface area contributed by atoms with Crippen LogP contribution in [0.1, 0.15) is 0 Å². The molecule has 0 saturated heterocycles. The fraction of sp³-hybridized carbons (Fsp3) is 0.222. The molecule has 68 valence electrons. The van der Waals surface area contributed by atoms with Gasteiger partial charge in [-0.25, -0.2) is 0 Å². The topological polar surface area (TPSA) is 20.3 Å². The number of rotatable bonds is 0. The molecule has 1 heterocycles. The van der Waals surface area contributed by atoms with Gasteiger partial charge in [-0.3, -0.25) is 4.79 Å². The highest BCUT2D eigenvalue weighted by molar-refractivity contribution is 9.10. The molecule has 0 spiro atoms. The smallest absolute Gasteiger partial charge is 0.237 e. The van der Waals surface area contributed by atoms with E-state index < -0.39 is 0 Å². The Kier molecular flexibility index (Phi) is 2.34. The van der Waals surface area contributed by atoms with Crippen LogP contribution in [-0.4, -0.2) is 18.7 Å². The molecule has 0 unspecified atom stereocenters. The summed E-state index contributed by atoms with van der Waals surface area (Å²) in [6.45, 7) is 0. The molecule has 1 aromatic rings. The summed E-state index contributed by atoms with van der Waals surface area (Å²) in [7, 11) is 1.81. The van der Waals surface area contributed by atoms with Crippen LogP contribution >= 0.6 is 27.7 Å². The number of carbonyl (C=O) groups excluding carboxylic acids is 1. The predicted molar refractivity (Wildman–Crippen MR) is 58.3 cm³/mol. The third-order valence-corrected chi connectivity index (χ3v) is 3.55. The molecule has 1 aliphatic rings. The van der Waals surface area contributed by atoms with E-state index in [0.717, 1.165) is 10.2 Å². The molecular weight excluding hydrogens is 250 g/mol. The van der Waals surface area contributed by atoms with Crippen LogP contribution in [0.4, 0.5) is 5.69 Å². The summed E-state index contributed by atoms with van der Waals surface area (Å²) in [5.41, 5.74) is 0.996. The molecule has 0 N–H and O–H groups in total. The van der Waals surface area contributed by atoms with Gasteiger partial charge >= 0.3 is 0 Å². The molecule has 2 rings (SSSR count). The normalized spacial score (nSPS) is 15.8. The number of amides is 1. The number of nitrogens with zero attached hydrogens (tertiary/aromatic N) is 1. The molecule has 0 fully saturated rings. The Bertz CT molecular complexity index is 367. The molecule has 0 saturated carbocycles. The minimum Gasteiger partial charge on any atom is -0.314 e. The number of hydrogen-bond donors (Lipinski definition) is 0. The van der Waals surface area contributed by atoms with Gasteiger partial charge < -0.3 is 4.90 Å². The lowest BCUT2D eigenvalue weighted by molar-refractivity contribution is -0.116. The van der Waals surface area contributed by atoms with Crippen LogP contribution < -0.4 is 4.90 Å². The van der Waals surface area contributed by atoms with E-state index >= 15 is 0 Å². The lowest BCUT2D eigenvalue weighted by atomic mass is 10.3. The van der Waals surface area contributed by atoms with Crippen molar-refractivity contribution in [1.82, 2.24) is 0 Å². The second kappa shape index (κ2) is 3.35. The molecule has 0 radical (unpaired) electrons. The van der Waals surface area contributed by atoms with E-state index in [9.17, 15) is 4.79 Å². The zero-order valence-electron chi connectivity index (χ0n) is 7.08. The molecule has 1 aromatic carbocycles. The van der Waals surface area contributed by atoms with Crippen LogP contribution in [0.5, 0.6) is 0 Å². The second-order valence-corrected chi connectivity index (χ2v) is 4.79. The number of fused-ring (bicyclic) bond motifs is 1. The van der Waals surface area contributed by atoms with Crippen LogP contribution in [0, 0.1) is 0 Å². The van der Waals surface area contributed by atoms with Gasteiger partial charge in [0.15, 0.2) is 0 Å². The Labute approximate surface area is 89.4 Å². The van der Waals surface area contributed by atoms with E-state index in [1.165, 1.54) is 4.90 Å². The van der Waals surface area contributed by atoms with Gasteiger partial charge in [-0.15, -0.1) is 11.8 Å². The van der Waals surface area contributed by atoms with Crippen molar-refractivity contribution in [3.63, 3.8) is 0 Å². The van der Waals surface area contributed by atoms with Crippen molar-refractivity contribution in [2.45, 2.75) is 4.90 Å². The molecule has 2 nitrogen and oxygen atoms in total. The molecule has 1 aliphatic heterocycles. The fourth-order valence-corrected chi connectivity index (χ4v) is 2.57. The van der Waals surface area contributed by atoms with Gasteiger partial charge in [0.1, 0.15) is 0 Å². The first kappa shape index (κ1) is 9.09. The van der Waals surface area contributed by atoms with E-state index in [0.29, 0.717) is 5.75 Å². The molecule has 0 aliphatic carbocycles. The van der Waals surface area contributed by atoms with Gasteiger partial charge in [-0.2, -0.15) is 0 Å². The number of carbonyl (C=O) groups is 1. The number of hydrogen-bond acceptors (Lipinski definition) is 2. The zero-order valence-corrected chi connectivity index (χ0v) is 9.48. The maximum Gasteiger partial charge on any atom is 0.237 e. The van der Waals surface area contributed by atoms with E-state index in [1.54, 1.807) is 16.7 Å². The minimum absolute atomic E-state index is 0.163. The van der Waals surface area contributed by atoms with E-state index in [4.69, 9.17) is 0 Å². The second-order valence-electron chi connectivity index (χ2n) is 2.85. The van der Waals surface area contributed by atoms with Gasteiger partial charge in [0.05, 0.1) is 11.4 Å². The van der Waals surface area contributed by atoms with Crippen molar-refractivity contribution >= 4 is 39.3 Å². The number of benzene rings is 1. The number of halogens is 1. The molecule has 0 aromatic heterocycles. The summed E-state index contributed by atoms with van der Waals surface area (Å²) in [6, 6.07) is 6.00. The summed E-state index contributed by atoms with van der Waals surface area (Å²) >= 11 is 4.99. The SMILES string of the molecule is CN1C(=O)CSc2ccc(Br)cc21. The third kappa shape index (κ3) is 1.60. The average molecular weight is 258 g/mol. The van der Waals surface area contributed by atoms with Gasteiger partial charge in [0.2, 0.25) is 5.91 Å². The average Bonchev–Trinajstić information content (AvgIpc) is 2.12. The summed E-state index contributed by atoms with van der Waals surface area (Å²) in [5, 5.41) is 0. The summed E-state index contributed by atoms with van der Waals surface area (Å²) in [5.74, 6) is 0.709. The van der Waals surface area contributed by atoms with E-state index in [2.05, 4.69) is 15.9 Å². The van der Waals surface area contributed by atoms with E-state index in [1.807, 2.05) is 25.2 Å². The summed E-state index contributed by atoms with van der Waals surface area (Å²) < 4.78 is 1.01. The van der Waals surface area contributed by atoms with Gasteiger partial charge in [0.25, 0.3) is 0 Å².